The number of hydrogen-bond donors (Lipinski definition) is 2. The van der Waals surface area contributed by atoms with Crippen molar-refractivity contribution in [3.8, 4) is 11.5 Å². The molecule has 2 N–H and O–H groups in total. The fraction of sp³-hybridized carbons (Fsp3) is 0.375. The van der Waals surface area contributed by atoms with Crippen LogP contribution in [0.2, 0.25) is 0 Å². The zero-order chi connectivity index (χ0) is 27.8. The molecule has 0 spiro atoms. The number of benzene rings is 3. The van der Waals surface area contributed by atoms with Gasteiger partial charge in [0.05, 0.1) is 11.4 Å². The van der Waals surface area contributed by atoms with Crippen LogP contribution in [-0.2, 0) is 20.4 Å². The number of hydrogen-bond acceptors (Lipinski definition) is 4. The number of nitrogens with one attached hydrogen (secondary N) is 2. The van der Waals surface area contributed by atoms with E-state index in [1.54, 1.807) is 24.3 Å². The molecule has 3 aromatic rings. The highest BCUT2D eigenvalue weighted by molar-refractivity contribution is 6.00. The largest absolute Gasteiger partial charge is 0.484 e. The molecule has 6 heteroatoms. The van der Waals surface area contributed by atoms with Crippen molar-refractivity contribution >= 4 is 23.2 Å². The molecule has 0 aliphatic rings. The Hall–Kier alpha value is -3.80. The summed E-state index contributed by atoms with van der Waals surface area (Å²) in [6.07, 6.45) is 2.06. The molecule has 0 radical (unpaired) electrons. The summed E-state index contributed by atoms with van der Waals surface area (Å²) < 4.78 is 11.3. The Labute approximate surface area is 226 Å². The summed E-state index contributed by atoms with van der Waals surface area (Å²) in [5.74, 6) is 0.605. The second kappa shape index (κ2) is 12.6. The quantitative estimate of drug-likeness (QED) is 0.269. The third kappa shape index (κ3) is 7.85. The standard InChI is InChI=1S/C32H40N2O4/c1-7-31(3,4)23-13-17-25(18-14-23)37-21-29(35)33-27-11-9-10-12-28(27)34-30(36)22-38-26-19-15-24(16-20-26)32(5,6)8-2/h9-20H,7-8,21-22H2,1-6H3,(H,33,35)(H,34,36). The fourth-order valence-electron chi connectivity index (χ4n) is 3.78. The smallest absolute Gasteiger partial charge is 0.262 e. The summed E-state index contributed by atoms with van der Waals surface area (Å²) in [6, 6.07) is 22.7. The van der Waals surface area contributed by atoms with Crippen molar-refractivity contribution in [2.24, 2.45) is 0 Å². The first kappa shape index (κ1) is 28.8. The number of ether oxygens (including phenoxy) is 2. The Morgan fingerprint density at radius 3 is 1.26 bits per heavy atom. The lowest BCUT2D eigenvalue weighted by molar-refractivity contribution is -0.119. The molecular weight excluding hydrogens is 476 g/mol. The molecule has 0 heterocycles. The first-order chi connectivity index (χ1) is 18.0. The van der Waals surface area contributed by atoms with Crippen LogP contribution in [0.15, 0.2) is 72.8 Å². The average molecular weight is 517 g/mol. The third-order valence-corrected chi connectivity index (χ3v) is 7.25. The molecule has 0 aliphatic carbocycles. The maximum absolute atomic E-state index is 12.6. The van der Waals surface area contributed by atoms with E-state index in [0.29, 0.717) is 22.9 Å². The highest BCUT2D eigenvalue weighted by Crippen LogP contribution is 2.29. The van der Waals surface area contributed by atoms with Crippen LogP contribution in [0.4, 0.5) is 11.4 Å². The molecule has 0 bridgehead atoms. The van der Waals surface area contributed by atoms with Gasteiger partial charge < -0.3 is 20.1 Å². The summed E-state index contributed by atoms with van der Waals surface area (Å²) in [5, 5.41) is 5.62. The molecule has 0 unspecified atom stereocenters. The minimum absolute atomic E-state index is 0.0888. The minimum atomic E-state index is -0.323. The van der Waals surface area contributed by atoms with E-state index in [0.717, 1.165) is 12.8 Å². The van der Waals surface area contributed by atoms with Crippen LogP contribution in [0.1, 0.15) is 65.5 Å². The van der Waals surface area contributed by atoms with Crippen molar-refractivity contribution in [3.63, 3.8) is 0 Å². The zero-order valence-corrected chi connectivity index (χ0v) is 23.4. The molecule has 0 atom stereocenters. The molecule has 3 aromatic carbocycles. The van der Waals surface area contributed by atoms with E-state index in [-0.39, 0.29) is 35.9 Å². The SMILES string of the molecule is CCC(C)(C)c1ccc(OCC(=O)Nc2ccccc2NC(=O)COc2ccc(C(C)(C)CC)cc2)cc1. The Bertz CT molecular complexity index is 1120. The highest BCUT2D eigenvalue weighted by Gasteiger charge is 2.19. The first-order valence-corrected chi connectivity index (χ1v) is 13.2. The summed E-state index contributed by atoms with van der Waals surface area (Å²) in [4.78, 5) is 25.1. The van der Waals surface area contributed by atoms with Crippen LogP contribution in [0, 0.1) is 0 Å². The van der Waals surface area contributed by atoms with Gasteiger partial charge in [-0.3, -0.25) is 9.59 Å². The number of amides is 2. The molecule has 0 aromatic heterocycles. The van der Waals surface area contributed by atoms with Gasteiger partial charge in [-0.05, 0) is 71.2 Å². The lowest BCUT2D eigenvalue weighted by Crippen LogP contribution is -2.23. The fourth-order valence-corrected chi connectivity index (χ4v) is 3.78. The number of carbonyl (C=O) groups is 2. The Balaban J connectivity index is 1.51. The van der Waals surface area contributed by atoms with Crippen molar-refractivity contribution in [2.75, 3.05) is 23.8 Å². The van der Waals surface area contributed by atoms with Crippen LogP contribution >= 0.6 is 0 Å². The average Bonchev–Trinajstić information content (AvgIpc) is 2.92. The van der Waals surface area contributed by atoms with Crippen molar-refractivity contribution in [1.82, 2.24) is 0 Å². The van der Waals surface area contributed by atoms with E-state index in [4.69, 9.17) is 9.47 Å². The Kier molecular flexibility index (Phi) is 9.56. The normalized spacial score (nSPS) is 11.5. The van der Waals surface area contributed by atoms with Gasteiger partial charge >= 0.3 is 0 Å². The van der Waals surface area contributed by atoms with Gasteiger partial charge in [0.15, 0.2) is 13.2 Å². The minimum Gasteiger partial charge on any atom is -0.484 e. The van der Waals surface area contributed by atoms with E-state index in [2.05, 4.69) is 52.2 Å². The highest BCUT2D eigenvalue weighted by atomic mass is 16.5. The van der Waals surface area contributed by atoms with Gasteiger partial charge in [0.25, 0.3) is 11.8 Å². The molecule has 2 amide bonds. The third-order valence-electron chi connectivity index (χ3n) is 7.25. The molecule has 0 saturated heterocycles. The van der Waals surface area contributed by atoms with Crippen LogP contribution < -0.4 is 20.1 Å². The van der Waals surface area contributed by atoms with Gasteiger partial charge in [-0.25, -0.2) is 0 Å². The molecule has 38 heavy (non-hydrogen) atoms. The summed E-state index contributed by atoms with van der Waals surface area (Å²) >= 11 is 0. The van der Waals surface area contributed by atoms with Crippen LogP contribution in [0.25, 0.3) is 0 Å². The summed E-state index contributed by atoms with van der Waals surface area (Å²) in [6.45, 7) is 12.8. The number of anilines is 2. The topological polar surface area (TPSA) is 76.7 Å². The summed E-state index contributed by atoms with van der Waals surface area (Å²) in [7, 11) is 0. The Morgan fingerprint density at radius 2 is 0.947 bits per heavy atom. The van der Waals surface area contributed by atoms with Crippen LogP contribution in [0.3, 0.4) is 0 Å². The van der Waals surface area contributed by atoms with Gasteiger partial charge in [-0.15, -0.1) is 0 Å². The van der Waals surface area contributed by atoms with Gasteiger partial charge in [0.1, 0.15) is 11.5 Å². The van der Waals surface area contributed by atoms with E-state index < -0.39 is 0 Å². The number of rotatable bonds is 12. The molecule has 6 nitrogen and oxygen atoms in total. The molecule has 0 fully saturated rings. The van der Waals surface area contributed by atoms with Crippen molar-refractivity contribution in [1.29, 1.82) is 0 Å². The molecule has 0 aliphatic heterocycles. The Morgan fingerprint density at radius 1 is 0.605 bits per heavy atom. The van der Waals surface area contributed by atoms with E-state index in [9.17, 15) is 9.59 Å². The number of para-hydroxylation sites is 2. The lowest BCUT2D eigenvalue weighted by Gasteiger charge is -2.23. The molecular formula is C32H40N2O4. The van der Waals surface area contributed by atoms with Gasteiger partial charge in [-0.1, -0.05) is 77.9 Å². The van der Waals surface area contributed by atoms with E-state index in [1.807, 2.05) is 48.5 Å². The zero-order valence-electron chi connectivity index (χ0n) is 23.4. The van der Waals surface area contributed by atoms with Crippen LogP contribution in [-0.4, -0.2) is 25.0 Å². The second-order valence-electron chi connectivity index (χ2n) is 10.7. The van der Waals surface area contributed by atoms with Crippen LogP contribution in [0.5, 0.6) is 11.5 Å². The van der Waals surface area contributed by atoms with Crippen molar-refractivity contribution < 1.29 is 19.1 Å². The van der Waals surface area contributed by atoms with E-state index >= 15 is 0 Å². The van der Waals surface area contributed by atoms with E-state index in [1.165, 1.54) is 11.1 Å². The predicted octanol–water partition coefficient (Wildman–Crippen LogP) is 7.10. The molecule has 3 rings (SSSR count). The summed E-state index contributed by atoms with van der Waals surface area (Å²) in [5.41, 5.74) is 3.60. The molecule has 202 valence electrons. The molecule has 0 saturated carbocycles. The second-order valence-corrected chi connectivity index (χ2v) is 10.7. The predicted molar refractivity (Wildman–Crippen MR) is 154 cm³/mol. The monoisotopic (exact) mass is 516 g/mol. The maximum atomic E-state index is 12.6. The maximum Gasteiger partial charge on any atom is 0.262 e. The first-order valence-electron chi connectivity index (χ1n) is 13.2. The van der Waals surface area contributed by atoms with Gasteiger partial charge in [0.2, 0.25) is 0 Å². The van der Waals surface area contributed by atoms with Crippen molar-refractivity contribution in [2.45, 2.75) is 65.2 Å². The van der Waals surface area contributed by atoms with Gasteiger partial charge in [0, 0.05) is 0 Å². The van der Waals surface area contributed by atoms with Gasteiger partial charge in [-0.2, -0.15) is 0 Å². The van der Waals surface area contributed by atoms with Crippen molar-refractivity contribution in [3.05, 3.63) is 83.9 Å². The number of carbonyl (C=O) groups excluding carboxylic acids is 2. The lowest BCUT2D eigenvalue weighted by atomic mass is 9.82.